The van der Waals surface area contributed by atoms with Crippen LogP contribution >= 0.6 is 0 Å². The van der Waals surface area contributed by atoms with Gasteiger partial charge in [0.05, 0.1) is 0 Å². The number of benzene rings is 2. The van der Waals surface area contributed by atoms with Crippen molar-refractivity contribution in [3.8, 4) is 11.3 Å². The minimum Gasteiger partial charge on any atom is -0.355 e. The number of halogens is 1. The van der Waals surface area contributed by atoms with E-state index in [0.717, 1.165) is 16.5 Å². The fourth-order valence-electron chi connectivity index (χ4n) is 1.70. The third kappa shape index (κ3) is 1.37. The third-order valence-corrected chi connectivity index (χ3v) is 2.49. The summed E-state index contributed by atoms with van der Waals surface area (Å²) in [5.41, 5.74) is 1.64. The summed E-state index contributed by atoms with van der Waals surface area (Å²) in [6.45, 7) is 0. The Morgan fingerprint density at radius 3 is 2.50 bits per heavy atom. The smallest absolute Gasteiger partial charge is 0.174 e. The van der Waals surface area contributed by atoms with E-state index in [-0.39, 0.29) is 5.82 Å². The molecule has 0 bridgehead atoms. The van der Waals surface area contributed by atoms with Crippen molar-refractivity contribution in [2.75, 3.05) is 0 Å². The largest absolute Gasteiger partial charge is 0.355 e. The third-order valence-electron chi connectivity index (χ3n) is 2.49. The second-order valence-electron chi connectivity index (χ2n) is 3.54. The zero-order valence-corrected chi connectivity index (χ0v) is 8.35. The normalized spacial score (nSPS) is 10.8. The van der Waals surface area contributed by atoms with Gasteiger partial charge < -0.3 is 4.52 Å². The van der Waals surface area contributed by atoms with Crippen LogP contribution in [0.4, 0.5) is 4.39 Å². The topological polar surface area (TPSA) is 26.0 Å². The summed E-state index contributed by atoms with van der Waals surface area (Å²) in [6, 6.07) is 13.8. The molecular weight excluding hydrogens is 205 g/mol. The summed E-state index contributed by atoms with van der Waals surface area (Å²) in [7, 11) is 0. The summed E-state index contributed by atoms with van der Waals surface area (Å²) in [4.78, 5) is 0. The Labute approximate surface area is 91.3 Å². The van der Waals surface area contributed by atoms with E-state index in [2.05, 4.69) is 5.16 Å². The molecule has 16 heavy (non-hydrogen) atoms. The van der Waals surface area contributed by atoms with Crippen molar-refractivity contribution in [3.05, 3.63) is 54.3 Å². The fourth-order valence-corrected chi connectivity index (χ4v) is 1.70. The van der Waals surface area contributed by atoms with Crippen molar-refractivity contribution in [1.29, 1.82) is 0 Å². The molecule has 0 saturated heterocycles. The molecule has 0 amide bonds. The van der Waals surface area contributed by atoms with Gasteiger partial charge in [-0.1, -0.05) is 17.3 Å². The Morgan fingerprint density at radius 1 is 0.938 bits per heavy atom. The molecular formula is C13H8FNO. The maximum absolute atomic E-state index is 12.8. The van der Waals surface area contributed by atoms with Crippen molar-refractivity contribution in [2.24, 2.45) is 0 Å². The van der Waals surface area contributed by atoms with Gasteiger partial charge in [0, 0.05) is 10.9 Å². The zero-order valence-electron chi connectivity index (χ0n) is 8.35. The molecule has 0 unspecified atom stereocenters. The van der Waals surface area contributed by atoms with Gasteiger partial charge in [-0.15, -0.1) is 0 Å². The minimum absolute atomic E-state index is 0.257. The lowest BCUT2D eigenvalue weighted by Gasteiger charge is -1.95. The molecule has 0 fully saturated rings. The van der Waals surface area contributed by atoms with Crippen LogP contribution in [-0.2, 0) is 0 Å². The highest BCUT2D eigenvalue weighted by Crippen LogP contribution is 2.28. The molecule has 1 aromatic heterocycles. The van der Waals surface area contributed by atoms with Crippen molar-refractivity contribution in [3.63, 3.8) is 0 Å². The highest BCUT2D eigenvalue weighted by Gasteiger charge is 2.09. The first-order valence-electron chi connectivity index (χ1n) is 4.95. The van der Waals surface area contributed by atoms with Crippen molar-refractivity contribution < 1.29 is 8.91 Å². The molecule has 0 radical (unpaired) electrons. The maximum atomic E-state index is 12.8. The lowest BCUT2D eigenvalue weighted by molar-refractivity contribution is 0.441. The Hall–Kier alpha value is -2.16. The lowest BCUT2D eigenvalue weighted by Crippen LogP contribution is -1.76. The van der Waals surface area contributed by atoms with E-state index in [1.165, 1.54) is 12.1 Å². The Kier molecular flexibility index (Phi) is 1.96. The Morgan fingerprint density at radius 2 is 1.69 bits per heavy atom. The molecule has 0 saturated carbocycles. The summed E-state index contributed by atoms with van der Waals surface area (Å²) in [5, 5.41) is 4.89. The first-order chi connectivity index (χ1) is 7.84. The average Bonchev–Trinajstić information content (AvgIpc) is 2.74. The van der Waals surface area contributed by atoms with Crippen LogP contribution in [-0.4, -0.2) is 5.16 Å². The van der Waals surface area contributed by atoms with Crippen LogP contribution in [0, 0.1) is 5.82 Å². The SMILES string of the molecule is Fc1ccc(-c2onc3ccccc23)cc1. The summed E-state index contributed by atoms with van der Waals surface area (Å²) in [6.07, 6.45) is 0. The van der Waals surface area contributed by atoms with Crippen LogP contribution < -0.4 is 0 Å². The standard InChI is InChI=1S/C13H8FNO/c14-10-7-5-9(6-8-10)13-11-3-1-2-4-12(11)15-16-13/h1-8H. The van der Waals surface area contributed by atoms with E-state index in [1.54, 1.807) is 12.1 Å². The van der Waals surface area contributed by atoms with Gasteiger partial charge in [-0.2, -0.15) is 0 Å². The van der Waals surface area contributed by atoms with Gasteiger partial charge in [-0.25, -0.2) is 4.39 Å². The van der Waals surface area contributed by atoms with Crippen molar-refractivity contribution in [2.45, 2.75) is 0 Å². The van der Waals surface area contributed by atoms with Crippen LogP contribution in [0.1, 0.15) is 0 Å². The second-order valence-corrected chi connectivity index (χ2v) is 3.54. The highest BCUT2D eigenvalue weighted by atomic mass is 19.1. The van der Waals surface area contributed by atoms with E-state index in [1.807, 2.05) is 24.3 Å². The molecule has 0 aliphatic heterocycles. The number of rotatable bonds is 1. The predicted octanol–water partition coefficient (Wildman–Crippen LogP) is 3.63. The van der Waals surface area contributed by atoms with Crippen molar-refractivity contribution in [1.82, 2.24) is 5.16 Å². The molecule has 3 aromatic rings. The van der Waals surface area contributed by atoms with Crippen LogP contribution in [0.3, 0.4) is 0 Å². The van der Waals surface area contributed by atoms with Gasteiger partial charge in [0.1, 0.15) is 11.3 Å². The van der Waals surface area contributed by atoms with E-state index in [0.29, 0.717) is 5.76 Å². The van der Waals surface area contributed by atoms with Crippen LogP contribution in [0.15, 0.2) is 53.1 Å². The molecule has 0 atom stereocenters. The number of fused-ring (bicyclic) bond motifs is 1. The number of aromatic nitrogens is 1. The molecule has 0 N–H and O–H groups in total. The first-order valence-corrected chi connectivity index (χ1v) is 4.95. The highest BCUT2D eigenvalue weighted by molar-refractivity contribution is 5.91. The van der Waals surface area contributed by atoms with Crippen molar-refractivity contribution >= 4 is 10.9 Å². The van der Waals surface area contributed by atoms with E-state index < -0.39 is 0 Å². The summed E-state index contributed by atoms with van der Waals surface area (Å²) in [5.74, 6) is 0.420. The Balaban J connectivity index is 2.22. The van der Waals surface area contributed by atoms with E-state index in [9.17, 15) is 4.39 Å². The van der Waals surface area contributed by atoms with Gasteiger partial charge in [-0.05, 0) is 36.4 Å². The molecule has 78 valence electrons. The monoisotopic (exact) mass is 213 g/mol. The van der Waals surface area contributed by atoms with Crippen LogP contribution in [0.5, 0.6) is 0 Å². The molecule has 3 rings (SSSR count). The zero-order chi connectivity index (χ0) is 11.0. The lowest BCUT2D eigenvalue weighted by atomic mass is 10.1. The number of nitrogens with zero attached hydrogens (tertiary/aromatic N) is 1. The molecule has 3 heteroatoms. The second kappa shape index (κ2) is 3.45. The van der Waals surface area contributed by atoms with Crippen LogP contribution in [0.25, 0.3) is 22.2 Å². The minimum atomic E-state index is -0.257. The Bertz CT molecular complexity index is 628. The van der Waals surface area contributed by atoms with Gasteiger partial charge >= 0.3 is 0 Å². The number of hydrogen-bond donors (Lipinski definition) is 0. The van der Waals surface area contributed by atoms with Gasteiger partial charge in [0.15, 0.2) is 5.76 Å². The molecule has 0 aliphatic carbocycles. The maximum Gasteiger partial charge on any atom is 0.174 e. The molecule has 2 aromatic carbocycles. The van der Waals surface area contributed by atoms with E-state index >= 15 is 0 Å². The predicted molar refractivity (Wildman–Crippen MR) is 59.4 cm³/mol. The number of hydrogen-bond acceptors (Lipinski definition) is 2. The van der Waals surface area contributed by atoms with Crippen LogP contribution in [0.2, 0.25) is 0 Å². The quantitative estimate of drug-likeness (QED) is 0.616. The molecule has 1 heterocycles. The fraction of sp³-hybridized carbons (Fsp3) is 0. The van der Waals surface area contributed by atoms with Gasteiger partial charge in [0.2, 0.25) is 0 Å². The average molecular weight is 213 g/mol. The molecule has 2 nitrogen and oxygen atoms in total. The summed E-state index contributed by atoms with van der Waals surface area (Å²) < 4.78 is 18.1. The van der Waals surface area contributed by atoms with Gasteiger partial charge in [0.25, 0.3) is 0 Å². The first kappa shape index (κ1) is 9.09. The van der Waals surface area contributed by atoms with E-state index in [4.69, 9.17) is 4.52 Å². The van der Waals surface area contributed by atoms with Gasteiger partial charge in [-0.3, -0.25) is 0 Å². The summed E-state index contributed by atoms with van der Waals surface area (Å²) >= 11 is 0. The molecule has 0 aliphatic rings. The molecule has 0 spiro atoms.